The second kappa shape index (κ2) is 6.69. The van der Waals surface area contributed by atoms with Crippen LogP contribution in [0, 0.1) is 0 Å². The number of aromatic nitrogens is 1. The summed E-state index contributed by atoms with van der Waals surface area (Å²) in [5.41, 5.74) is 5.90. The molecule has 3 aromatic rings. The number of unbranched alkanes of at least 4 members (excludes halogenated alkanes) is 2. The number of aryl methyl sites for hydroxylation is 1. The van der Waals surface area contributed by atoms with E-state index >= 15 is 0 Å². The van der Waals surface area contributed by atoms with Crippen molar-refractivity contribution in [1.29, 1.82) is 0 Å². The summed E-state index contributed by atoms with van der Waals surface area (Å²) in [4.78, 5) is 17.6. The Morgan fingerprint density at radius 2 is 1.82 bits per heavy atom. The molecule has 1 amide bonds. The van der Waals surface area contributed by atoms with Gasteiger partial charge in [0.05, 0.1) is 16.9 Å². The molecule has 0 radical (unpaired) electrons. The van der Waals surface area contributed by atoms with Gasteiger partial charge in [-0.1, -0.05) is 50.1 Å². The molecule has 0 N–H and O–H groups in total. The lowest BCUT2D eigenvalue weighted by Gasteiger charge is -2.46. The summed E-state index contributed by atoms with van der Waals surface area (Å²) in [5.74, 6) is 0.162. The van der Waals surface area contributed by atoms with Crippen LogP contribution in [0.1, 0.15) is 54.0 Å². The summed E-state index contributed by atoms with van der Waals surface area (Å²) in [5, 5.41) is 1.35. The van der Waals surface area contributed by atoms with E-state index in [9.17, 15) is 4.79 Å². The number of hydrogen-bond acceptors (Lipinski definition) is 2. The number of amides is 1. The fraction of sp³-hybridized carbons (Fsp3) is 0.375. The Kier molecular flexibility index (Phi) is 4.15. The van der Waals surface area contributed by atoms with Crippen molar-refractivity contribution in [2.45, 2.75) is 45.3 Å². The van der Waals surface area contributed by atoms with Crippen LogP contribution >= 0.6 is 0 Å². The summed E-state index contributed by atoms with van der Waals surface area (Å²) in [7, 11) is 2.13. The molecule has 2 aliphatic heterocycles. The van der Waals surface area contributed by atoms with Crippen LogP contribution in [-0.4, -0.2) is 29.0 Å². The molecule has 0 fully saturated rings. The second-order valence-electron chi connectivity index (χ2n) is 7.99. The van der Waals surface area contributed by atoms with Crippen LogP contribution in [0.5, 0.6) is 0 Å². The highest BCUT2D eigenvalue weighted by Crippen LogP contribution is 2.44. The van der Waals surface area contributed by atoms with E-state index in [0.717, 1.165) is 30.8 Å². The minimum Gasteiger partial charge on any atom is -0.349 e. The van der Waals surface area contributed by atoms with Crippen molar-refractivity contribution in [2.24, 2.45) is 0 Å². The zero-order valence-corrected chi connectivity index (χ0v) is 16.7. The molecule has 4 heteroatoms. The van der Waals surface area contributed by atoms with Gasteiger partial charge in [-0.2, -0.15) is 0 Å². The molecule has 2 aliphatic rings. The molecule has 0 bridgehead atoms. The standard InChI is InChI=1S/C24H27N3O/c1-3-4-9-15-26-21-13-8-5-10-17(21)18-14-16-27-23(22(18)26)25(2)20-12-7-6-11-19(20)24(27)28/h5-8,10-13,23H,3-4,9,14-16H2,1-2H3/t23-/m0/s1. The zero-order valence-electron chi connectivity index (χ0n) is 16.7. The van der Waals surface area contributed by atoms with Gasteiger partial charge in [0, 0.05) is 31.0 Å². The Bertz CT molecular complexity index is 1050. The summed E-state index contributed by atoms with van der Waals surface area (Å²) in [6.45, 7) is 4.03. The van der Waals surface area contributed by atoms with Gasteiger partial charge in [-0.25, -0.2) is 0 Å². The maximum absolute atomic E-state index is 13.3. The quantitative estimate of drug-likeness (QED) is 0.604. The number of carbonyl (C=O) groups excluding carboxylic acids is 1. The first-order valence-corrected chi connectivity index (χ1v) is 10.4. The van der Waals surface area contributed by atoms with E-state index in [1.807, 2.05) is 18.2 Å². The third-order valence-electron chi connectivity index (χ3n) is 6.39. The Balaban J connectivity index is 1.70. The number of hydrogen-bond donors (Lipinski definition) is 0. The van der Waals surface area contributed by atoms with Gasteiger partial charge < -0.3 is 14.4 Å². The Morgan fingerprint density at radius 1 is 1.04 bits per heavy atom. The fourth-order valence-corrected chi connectivity index (χ4v) is 5.07. The highest BCUT2D eigenvalue weighted by molar-refractivity contribution is 6.02. The lowest BCUT2D eigenvalue weighted by atomic mass is 9.96. The normalized spacial score (nSPS) is 18.2. The molecule has 3 heterocycles. The molecule has 0 spiro atoms. The third-order valence-corrected chi connectivity index (χ3v) is 6.39. The monoisotopic (exact) mass is 373 g/mol. The minimum atomic E-state index is -0.0276. The molecule has 0 aliphatic carbocycles. The van der Waals surface area contributed by atoms with Crippen molar-refractivity contribution in [1.82, 2.24) is 9.47 Å². The number of para-hydroxylation sites is 2. The third kappa shape index (κ3) is 2.40. The number of nitrogens with zero attached hydrogens (tertiary/aromatic N) is 3. The largest absolute Gasteiger partial charge is 0.349 e. The van der Waals surface area contributed by atoms with Gasteiger partial charge in [-0.05, 0) is 36.6 Å². The van der Waals surface area contributed by atoms with Crippen LogP contribution in [0.15, 0.2) is 48.5 Å². The topological polar surface area (TPSA) is 28.5 Å². The molecule has 0 unspecified atom stereocenters. The molecule has 144 valence electrons. The van der Waals surface area contributed by atoms with Crippen molar-refractivity contribution >= 4 is 22.5 Å². The first kappa shape index (κ1) is 17.4. The predicted octanol–water partition coefficient (Wildman–Crippen LogP) is 4.98. The molecule has 1 aromatic heterocycles. The summed E-state index contributed by atoms with van der Waals surface area (Å²) in [6.07, 6.45) is 4.51. The Labute approximate surface area is 166 Å². The molecule has 0 saturated carbocycles. The molecular weight excluding hydrogens is 346 g/mol. The maximum atomic E-state index is 13.3. The first-order chi connectivity index (χ1) is 13.7. The highest BCUT2D eigenvalue weighted by atomic mass is 16.2. The lowest BCUT2D eigenvalue weighted by molar-refractivity contribution is 0.0629. The van der Waals surface area contributed by atoms with Crippen LogP contribution < -0.4 is 4.90 Å². The zero-order chi connectivity index (χ0) is 19.3. The molecule has 1 atom stereocenters. The summed E-state index contributed by atoms with van der Waals surface area (Å²) in [6, 6.07) is 16.8. The summed E-state index contributed by atoms with van der Waals surface area (Å²) < 4.78 is 2.49. The van der Waals surface area contributed by atoms with E-state index in [1.165, 1.54) is 41.4 Å². The Hall–Kier alpha value is -2.75. The van der Waals surface area contributed by atoms with Crippen molar-refractivity contribution in [2.75, 3.05) is 18.5 Å². The number of anilines is 1. The van der Waals surface area contributed by atoms with Crippen LogP contribution in [0.2, 0.25) is 0 Å². The average molecular weight is 374 g/mol. The number of rotatable bonds is 4. The van der Waals surface area contributed by atoms with Gasteiger partial charge in [-0.3, -0.25) is 4.79 Å². The molecule has 2 aromatic carbocycles. The van der Waals surface area contributed by atoms with Crippen molar-refractivity contribution in [3.05, 3.63) is 65.4 Å². The van der Waals surface area contributed by atoms with Crippen molar-refractivity contribution in [3.63, 3.8) is 0 Å². The Morgan fingerprint density at radius 3 is 2.68 bits per heavy atom. The second-order valence-corrected chi connectivity index (χ2v) is 7.99. The molecule has 4 nitrogen and oxygen atoms in total. The van der Waals surface area contributed by atoms with Gasteiger partial charge in [0.25, 0.3) is 5.91 Å². The van der Waals surface area contributed by atoms with Gasteiger partial charge in [-0.15, -0.1) is 0 Å². The average Bonchev–Trinajstić information content (AvgIpc) is 3.06. The number of carbonyl (C=O) groups is 1. The highest BCUT2D eigenvalue weighted by Gasteiger charge is 2.42. The van der Waals surface area contributed by atoms with E-state index in [2.05, 4.69) is 58.7 Å². The van der Waals surface area contributed by atoms with Crippen molar-refractivity contribution in [3.8, 4) is 0 Å². The van der Waals surface area contributed by atoms with E-state index in [1.54, 1.807) is 0 Å². The number of benzene rings is 2. The van der Waals surface area contributed by atoms with E-state index in [-0.39, 0.29) is 12.1 Å². The smallest absolute Gasteiger partial charge is 0.257 e. The minimum absolute atomic E-state index is 0.0276. The SMILES string of the molecule is CCCCCn1c2c(c3ccccc31)CCN1C(=O)c3ccccc3N(C)[C@H]21. The fourth-order valence-electron chi connectivity index (χ4n) is 5.07. The van der Waals surface area contributed by atoms with Crippen LogP contribution in [-0.2, 0) is 13.0 Å². The molecule has 28 heavy (non-hydrogen) atoms. The maximum Gasteiger partial charge on any atom is 0.257 e. The van der Waals surface area contributed by atoms with E-state index in [4.69, 9.17) is 0 Å². The van der Waals surface area contributed by atoms with Crippen LogP contribution in [0.4, 0.5) is 5.69 Å². The van der Waals surface area contributed by atoms with Gasteiger partial charge in [0.1, 0.15) is 6.17 Å². The van der Waals surface area contributed by atoms with Gasteiger partial charge >= 0.3 is 0 Å². The van der Waals surface area contributed by atoms with Gasteiger partial charge in [0.15, 0.2) is 0 Å². The van der Waals surface area contributed by atoms with Gasteiger partial charge in [0.2, 0.25) is 0 Å². The van der Waals surface area contributed by atoms with Crippen molar-refractivity contribution < 1.29 is 4.79 Å². The lowest BCUT2D eigenvalue weighted by Crippen LogP contribution is -2.51. The number of fused-ring (bicyclic) bond motifs is 6. The van der Waals surface area contributed by atoms with Crippen LogP contribution in [0.3, 0.4) is 0 Å². The predicted molar refractivity (Wildman–Crippen MR) is 114 cm³/mol. The first-order valence-electron chi connectivity index (χ1n) is 10.4. The molecule has 5 rings (SSSR count). The molecule has 0 saturated heterocycles. The van der Waals surface area contributed by atoms with E-state index < -0.39 is 0 Å². The van der Waals surface area contributed by atoms with Crippen LogP contribution in [0.25, 0.3) is 10.9 Å². The molecular formula is C24H27N3O. The summed E-state index contributed by atoms with van der Waals surface area (Å²) >= 11 is 0. The van der Waals surface area contributed by atoms with E-state index in [0.29, 0.717) is 0 Å².